The number of rotatable bonds is 7. The van der Waals surface area contributed by atoms with Crippen LogP contribution in [0.15, 0.2) is 53.3 Å². The predicted molar refractivity (Wildman–Crippen MR) is 115 cm³/mol. The highest BCUT2D eigenvalue weighted by Crippen LogP contribution is 2.28. The highest BCUT2D eigenvalue weighted by molar-refractivity contribution is 5.91. The Hall–Kier alpha value is -3.88. The van der Waals surface area contributed by atoms with Crippen LogP contribution in [0.2, 0.25) is 0 Å². The fourth-order valence-electron chi connectivity index (χ4n) is 3.46. The smallest absolute Gasteiger partial charge is 0.286 e. The molecule has 0 saturated carbocycles. The van der Waals surface area contributed by atoms with E-state index in [1.54, 1.807) is 14.2 Å². The third kappa shape index (κ3) is 4.20. The van der Waals surface area contributed by atoms with Crippen molar-refractivity contribution in [2.45, 2.75) is 13.0 Å². The van der Waals surface area contributed by atoms with Gasteiger partial charge < -0.3 is 19.7 Å². The number of benzene rings is 2. The van der Waals surface area contributed by atoms with Gasteiger partial charge in [-0.15, -0.1) is 10.2 Å². The number of nitrogens with one attached hydrogen (secondary N) is 1. The van der Waals surface area contributed by atoms with Crippen LogP contribution in [-0.4, -0.2) is 48.0 Å². The van der Waals surface area contributed by atoms with Crippen LogP contribution in [0.25, 0.3) is 0 Å². The minimum absolute atomic E-state index is 0.199. The first-order chi connectivity index (χ1) is 15.1. The van der Waals surface area contributed by atoms with Gasteiger partial charge in [-0.25, -0.2) is 0 Å². The monoisotopic (exact) mass is 421 g/mol. The first-order valence-corrected chi connectivity index (χ1v) is 9.91. The molecule has 0 spiro atoms. The second-order valence-corrected chi connectivity index (χ2v) is 7.01. The van der Waals surface area contributed by atoms with E-state index in [1.165, 1.54) is 4.57 Å². The highest BCUT2D eigenvalue weighted by atomic mass is 16.5. The van der Waals surface area contributed by atoms with E-state index in [1.807, 2.05) is 53.4 Å². The molecule has 31 heavy (non-hydrogen) atoms. The molecule has 1 aliphatic rings. The SMILES string of the molecule is COc1ccc(CCNC(=O)c2nnc3n(c2=O)CCN3c2ccc(OC)cc2)cc1. The first kappa shape index (κ1) is 20.4. The number of carbonyl (C=O) groups is 1. The molecule has 0 atom stereocenters. The molecule has 3 aromatic rings. The van der Waals surface area contributed by atoms with E-state index in [9.17, 15) is 9.59 Å². The van der Waals surface area contributed by atoms with Gasteiger partial charge in [-0.05, 0) is 48.4 Å². The lowest BCUT2D eigenvalue weighted by atomic mass is 10.1. The molecule has 0 unspecified atom stereocenters. The van der Waals surface area contributed by atoms with Crippen molar-refractivity contribution in [2.24, 2.45) is 0 Å². The van der Waals surface area contributed by atoms with Crippen molar-refractivity contribution < 1.29 is 14.3 Å². The zero-order chi connectivity index (χ0) is 21.8. The summed E-state index contributed by atoms with van der Waals surface area (Å²) in [7, 11) is 3.22. The Morgan fingerprint density at radius 2 is 1.61 bits per heavy atom. The summed E-state index contributed by atoms with van der Waals surface area (Å²) in [5.41, 5.74) is 1.28. The largest absolute Gasteiger partial charge is 0.497 e. The van der Waals surface area contributed by atoms with Crippen LogP contribution >= 0.6 is 0 Å². The predicted octanol–water partition coefficient (Wildman–Crippen LogP) is 1.78. The lowest BCUT2D eigenvalue weighted by Crippen LogP contribution is -2.35. The minimum atomic E-state index is -0.524. The molecule has 160 valence electrons. The molecule has 1 amide bonds. The average Bonchev–Trinajstić information content (AvgIpc) is 3.25. The van der Waals surface area contributed by atoms with Crippen molar-refractivity contribution in [2.75, 3.05) is 32.2 Å². The summed E-state index contributed by atoms with van der Waals surface area (Å²) in [5, 5.41) is 10.8. The zero-order valence-corrected chi connectivity index (χ0v) is 17.4. The molecule has 1 N–H and O–H groups in total. The number of amides is 1. The number of hydrogen-bond acceptors (Lipinski definition) is 7. The van der Waals surface area contributed by atoms with Crippen molar-refractivity contribution in [1.82, 2.24) is 20.1 Å². The van der Waals surface area contributed by atoms with Gasteiger partial charge in [0, 0.05) is 25.3 Å². The van der Waals surface area contributed by atoms with Gasteiger partial charge in [0.05, 0.1) is 14.2 Å². The maximum absolute atomic E-state index is 12.8. The molecule has 9 nitrogen and oxygen atoms in total. The minimum Gasteiger partial charge on any atom is -0.497 e. The topological polar surface area (TPSA) is 98.6 Å². The molecular formula is C22H23N5O4. The Kier molecular flexibility index (Phi) is 5.83. The first-order valence-electron chi connectivity index (χ1n) is 9.91. The van der Waals surface area contributed by atoms with Gasteiger partial charge in [-0.2, -0.15) is 0 Å². The third-order valence-corrected chi connectivity index (χ3v) is 5.17. The van der Waals surface area contributed by atoms with Gasteiger partial charge in [-0.3, -0.25) is 14.2 Å². The van der Waals surface area contributed by atoms with E-state index in [0.717, 1.165) is 22.7 Å². The lowest BCUT2D eigenvalue weighted by molar-refractivity contribution is 0.0945. The molecule has 0 radical (unpaired) electrons. The van der Waals surface area contributed by atoms with Crippen LogP contribution < -0.4 is 25.2 Å². The third-order valence-electron chi connectivity index (χ3n) is 5.17. The Morgan fingerprint density at radius 1 is 0.968 bits per heavy atom. The van der Waals surface area contributed by atoms with E-state index in [4.69, 9.17) is 9.47 Å². The van der Waals surface area contributed by atoms with Gasteiger partial charge in [-0.1, -0.05) is 12.1 Å². The van der Waals surface area contributed by atoms with Crippen LogP contribution in [0.1, 0.15) is 16.1 Å². The Balaban J connectivity index is 1.44. The summed E-state index contributed by atoms with van der Waals surface area (Å²) in [5.74, 6) is 1.42. The zero-order valence-electron chi connectivity index (χ0n) is 17.4. The maximum atomic E-state index is 12.8. The Labute approximate surface area is 179 Å². The summed E-state index contributed by atoms with van der Waals surface area (Å²) in [6.07, 6.45) is 0.626. The van der Waals surface area contributed by atoms with Crippen LogP contribution in [0.5, 0.6) is 11.5 Å². The molecule has 4 rings (SSSR count). The summed E-state index contributed by atoms with van der Waals surface area (Å²) >= 11 is 0. The molecule has 2 aromatic carbocycles. The Morgan fingerprint density at radius 3 is 2.26 bits per heavy atom. The van der Waals surface area contributed by atoms with E-state index < -0.39 is 11.5 Å². The number of anilines is 2. The molecular weight excluding hydrogens is 398 g/mol. The van der Waals surface area contributed by atoms with Crippen molar-refractivity contribution in [3.8, 4) is 11.5 Å². The number of carbonyl (C=O) groups excluding carboxylic acids is 1. The maximum Gasteiger partial charge on any atom is 0.286 e. The molecule has 2 heterocycles. The summed E-state index contributed by atoms with van der Waals surface area (Å²) < 4.78 is 11.8. The van der Waals surface area contributed by atoms with Crippen molar-refractivity contribution >= 4 is 17.5 Å². The molecule has 1 aliphatic heterocycles. The quantitative estimate of drug-likeness (QED) is 0.621. The fourth-order valence-corrected chi connectivity index (χ4v) is 3.46. The normalized spacial score (nSPS) is 12.4. The second-order valence-electron chi connectivity index (χ2n) is 7.01. The molecule has 0 bridgehead atoms. The van der Waals surface area contributed by atoms with Gasteiger partial charge in [0.2, 0.25) is 11.6 Å². The number of hydrogen-bond donors (Lipinski definition) is 1. The van der Waals surface area contributed by atoms with E-state index in [2.05, 4.69) is 15.5 Å². The number of nitrogens with zero attached hydrogens (tertiary/aromatic N) is 4. The van der Waals surface area contributed by atoms with E-state index >= 15 is 0 Å². The number of methoxy groups -OCH3 is 2. The standard InChI is InChI=1S/C22H23N5O4/c1-30-17-7-3-15(4-8-17)11-12-23-20(28)19-21(29)27-14-13-26(22(27)25-24-19)16-5-9-18(31-2)10-6-16/h3-10H,11-14H2,1-2H3,(H,23,28). The van der Waals surface area contributed by atoms with Crippen LogP contribution in [0.4, 0.5) is 11.6 Å². The molecule has 1 aromatic heterocycles. The lowest BCUT2D eigenvalue weighted by Gasteiger charge is -2.17. The van der Waals surface area contributed by atoms with E-state index in [0.29, 0.717) is 32.0 Å². The van der Waals surface area contributed by atoms with Gasteiger partial charge >= 0.3 is 0 Å². The molecule has 0 aliphatic carbocycles. The van der Waals surface area contributed by atoms with Crippen LogP contribution in [0, 0.1) is 0 Å². The van der Waals surface area contributed by atoms with Gasteiger partial charge in [0.25, 0.3) is 11.5 Å². The van der Waals surface area contributed by atoms with Crippen LogP contribution in [0.3, 0.4) is 0 Å². The second kappa shape index (κ2) is 8.86. The highest BCUT2D eigenvalue weighted by Gasteiger charge is 2.27. The van der Waals surface area contributed by atoms with Crippen molar-refractivity contribution in [1.29, 1.82) is 0 Å². The fraction of sp³-hybridized carbons (Fsp3) is 0.273. The number of aromatic nitrogens is 3. The summed E-state index contributed by atoms with van der Waals surface area (Å²) in [6.45, 7) is 1.38. The summed E-state index contributed by atoms with van der Waals surface area (Å²) in [4.78, 5) is 27.2. The van der Waals surface area contributed by atoms with Gasteiger partial charge in [0.1, 0.15) is 11.5 Å². The number of fused-ring (bicyclic) bond motifs is 1. The number of ether oxygens (including phenoxy) is 2. The molecule has 0 saturated heterocycles. The van der Waals surface area contributed by atoms with Crippen LogP contribution in [-0.2, 0) is 13.0 Å². The van der Waals surface area contributed by atoms with Crippen molar-refractivity contribution in [3.05, 3.63) is 70.1 Å². The van der Waals surface area contributed by atoms with Gasteiger partial charge in [0.15, 0.2) is 0 Å². The average molecular weight is 421 g/mol. The Bertz CT molecular complexity index is 1130. The van der Waals surface area contributed by atoms with E-state index in [-0.39, 0.29) is 5.69 Å². The molecule has 0 fully saturated rings. The van der Waals surface area contributed by atoms with Crippen molar-refractivity contribution in [3.63, 3.8) is 0 Å². The molecule has 9 heteroatoms. The summed E-state index contributed by atoms with van der Waals surface area (Å²) in [6, 6.07) is 15.1.